The summed E-state index contributed by atoms with van der Waals surface area (Å²) in [6.07, 6.45) is 1.95. The van der Waals surface area contributed by atoms with E-state index in [0.717, 1.165) is 54.8 Å². The molecule has 0 spiro atoms. The highest BCUT2D eigenvalue weighted by molar-refractivity contribution is 7.25. The van der Waals surface area contributed by atoms with Gasteiger partial charge in [-0.15, -0.1) is 11.3 Å². The van der Waals surface area contributed by atoms with Gasteiger partial charge in [-0.3, -0.25) is 0 Å². The van der Waals surface area contributed by atoms with Gasteiger partial charge >= 0.3 is 0 Å². The zero-order valence-electron chi connectivity index (χ0n) is 21.2. The first kappa shape index (κ1) is 23.1. The molecule has 0 fully saturated rings. The van der Waals surface area contributed by atoms with Crippen molar-refractivity contribution < 1.29 is 0 Å². The third-order valence-electron chi connectivity index (χ3n) is 7.01. The van der Waals surface area contributed by atoms with Gasteiger partial charge in [-0.1, -0.05) is 78.1 Å². The zero-order valence-corrected chi connectivity index (χ0v) is 22.8. The summed E-state index contributed by atoms with van der Waals surface area (Å²) in [4.78, 5) is 20.4. The fourth-order valence-electron chi connectivity index (χ4n) is 5.04. The second-order valence-corrected chi connectivity index (χ2v) is 11.6. The molecule has 0 bridgehead atoms. The number of hydrogen-bond acceptors (Lipinski definition) is 6. The molecule has 8 rings (SSSR count). The molecular formula is C34H20N4S2. The molecule has 6 heteroatoms. The molecule has 5 heterocycles. The summed E-state index contributed by atoms with van der Waals surface area (Å²) in [5.74, 6) is 0. The predicted molar refractivity (Wildman–Crippen MR) is 168 cm³/mol. The molecule has 0 radical (unpaired) electrons. The second kappa shape index (κ2) is 9.45. The largest absolute Gasteiger partial charge is 0.246 e. The zero-order chi connectivity index (χ0) is 26.5. The van der Waals surface area contributed by atoms with Crippen LogP contribution >= 0.6 is 22.7 Å². The Hall–Kier alpha value is -4.78. The standard InChI is InChI=1S/C34H20N4S2/c1-2-8-21(9-3-1)26-11-6-12-27(36-26)28-13-7-14-29(37-28)34-38-30-19-23(20-35-33(30)40-34)22-16-17-32-25(18-22)24-10-4-5-15-31(24)39-32/h1-20H. The van der Waals surface area contributed by atoms with Gasteiger partial charge in [-0.2, -0.15) is 0 Å². The van der Waals surface area contributed by atoms with E-state index >= 15 is 0 Å². The molecule has 0 unspecified atom stereocenters. The summed E-state index contributed by atoms with van der Waals surface area (Å²) in [6, 6.07) is 39.6. The molecular weight excluding hydrogens is 529 g/mol. The topological polar surface area (TPSA) is 51.6 Å². The first-order chi connectivity index (χ1) is 19.8. The molecule has 0 saturated heterocycles. The average molecular weight is 549 g/mol. The van der Waals surface area contributed by atoms with Crippen molar-refractivity contribution in [3.8, 4) is 44.5 Å². The summed E-state index contributed by atoms with van der Waals surface area (Å²) >= 11 is 3.39. The van der Waals surface area contributed by atoms with Crippen molar-refractivity contribution in [1.29, 1.82) is 0 Å². The van der Waals surface area contributed by atoms with E-state index in [4.69, 9.17) is 19.9 Å². The number of aromatic nitrogens is 4. The Morgan fingerprint density at radius 3 is 2.05 bits per heavy atom. The van der Waals surface area contributed by atoms with Gasteiger partial charge in [0.25, 0.3) is 0 Å². The minimum atomic E-state index is 0.819. The molecule has 188 valence electrons. The SMILES string of the molecule is c1ccc(-c2cccc(-c3cccc(-c4nc5cc(-c6ccc7sc8ccccc8c7c6)cnc5s4)n3)n2)cc1. The van der Waals surface area contributed by atoms with E-state index in [1.165, 1.54) is 20.2 Å². The summed E-state index contributed by atoms with van der Waals surface area (Å²) in [7, 11) is 0. The molecule has 8 aromatic rings. The van der Waals surface area contributed by atoms with Gasteiger partial charge in [0, 0.05) is 37.5 Å². The number of fused-ring (bicyclic) bond motifs is 4. The lowest BCUT2D eigenvalue weighted by molar-refractivity contribution is 1.24. The summed E-state index contributed by atoms with van der Waals surface area (Å²) in [6.45, 7) is 0. The van der Waals surface area contributed by atoms with Crippen molar-refractivity contribution >= 4 is 53.2 Å². The molecule has 0 aliphatic rings. The van der Waals surface area contributed by atoms with Gasteiger partial charge in [0.2, 0.25) is 0 Å². The van der Waals surface area contributed by atoms with E-state index in [-0.39, 0.29) is 0 Å². The fraction of sp³-hybridized carbons (Fsp3) is 0. The number of thiophene rings is 1. The van der Waals surface area contributed by atoms with Crippen molar-refractivity contribution in [3.05, 3.63) is 121 Å². The Labute approximate surface area is 238 Å². The van der Waals surface area contributed by atoms with Gasteiger partial charge in [-0.25, -0.2) is 19.9 Å². The van der Waals surface area contributed by atoms with E-state index in [9.17, 15) is 0 Å². The molecule has 0 N–H and O–H groups in total. The highest BCUT2D eigenvalue weighted by atomic mass is 32.1. The Kier molecular flexibility index (Phi) is 5.47. The molecule has 4 nitrogen and oxygen atoms in total. The van der Waals surface area contributed by atoms with E-state index in [1.807, 2.05) is 72.1 Å². The van der Waals surface area contributed by atoms with Crippen LogP contribution in [0, 0.1) is 0 Å². The van der Waals surface area contributed by atoms with Gasteiger partial charge in [0.05, 0.1) is 22.8 Å². The third-order valence-corrected chi connectivity index (χ3v) is 9.16. The lowest BCUT2D eigenvalue weighted by Gasteiger charge is -2.05. The Bertz CT molecular complexity index is 2180. The van der Waals surface area contributed by atoms with Crippen LogP contribution in [0.2, 0.25) is 0 Å². The number of hydrogen-bond donors (Lipinski definition) is 0. The minimum Gasteiger partial charge on any atom is -0.246 e. The Morgan fingerprint density at radius 1 is 0.450 bits per heavy atom. The number of rotatable bonds is 4. The van der Waals surface area contributed by atoms with Crippen LogP contribution in [0.15, 0.2) is 121 Å². The van der Waals surface area contributed by atoms with Crippen LogP contribution in [0.5, 0.6) is 0 Å². The normalized spacial score (nSPS) is 11.5. The van der Waals surface area contributed by atoms with Crippen LogP contribution in [-0.2, 0) is 0 Å². The lowest BCUT2D eigenvalue weighted by Crippen LogP contribution is -1.91. The molecule has 40 heavy (non-hydrogen) atoms. The van der Waals surface area contributed by atoms with Crippen LogP contribution in [-0.4, -0.2) is 19.9 Å². The summed E-state index contributed by atoms with van der Waals surface area (Å²) < 4.78 is 2.61. The maximum absolute atomic E-state index is 4.95. The van der Waals surface area contributed by atoms with Crippen LogP contribution in [0.4, 0.5) is 0 Å². The molecule has 0 amide bonds. The number of nitrogens with zero attached hydrogens (tertiary/aromatic N) is 4. The highest BCUT2D eigenvalue weighted by Gasteiger charge is 2.13. The average Bonchev–Trinajstić information content (AvgIpc) is 3.62. The minimum absolute atomic E-state index is 0.819. The summed E-state index contributed by atoms with van der Waals surface area (Å²) in [5, 5.41) is 3.42. The molecule has 3 aromatic carbocycles. The van der Waals surface area contributed by atoms with Gasteiger partial charge in [0.1, 0.15) is 15.4 Å². The van der Waals surface area contributed by atoms with E-state index in [1.54, 1.807) is 11.3 Å². The van der Waals surface area contributed by atoms with Gasteiger partial charge in [0.15, 0.2) is 0 Å². The van der Waals surface area contributed by atoms with Crippen molar-refractivity contribution in [2.24, 2.45) is 0 Å². The van der Waals surface area contributed by atoms with Crippen molar-refractivity contribution in [3.63, 3.8) is 0 Å². The quantitative estimate of drug-likeness (QED) is 0.220. The predicted octanol–water partition coefficient (Wildman–Crippen LogP) is 9.52. The van der Waals surface area contributed by atoms with E-state index in [2.05, 4.69) is 60.7 Å². The summed E-state index contributed by atoms with van der Waals surface area (Å²) in [5.41, 5.74) is 7.56. The van der Waals surface area contributed by atoms with Crippen LogP contribution in [0.25, 0.3) is 75.0 Å². The van der Waals surface area contributed by atoms with Crippen LogP contribution in [0.1, 0.15) is 0 Å². The first-order valence-corrected chi connectivity index (χ1v) is 14.6. The Morgan fingerprint density at radius 2 is 1.18 bits per heavy atom. The Balaban J connectivity index is 1.15. The number of benzene rings is 3. The third kappa shape index (κ3) is 4.06. The smallest absolute Gasteiger partial charge is 0.144 e. The molecule has 5 aromatic heterocycles. The molecule has 0 saturated carbocycles. The number of pyridine rings is 3. The maximum atomic E-state index is 4.95. The molecule has 0 atom stereocenters. The highest BCUT2D eigenvalue weighted by Crippen LogP contribution is 2.37. The maximum Gasteiger partial charge on any atom is 0.144 e. The van der Waals surface area contributed by atoms with Crippen LogP contribution in [0.3, 0.4) is 0 Å². The van der Waals surface area contributed by atoms with Gasteiger partial charge < -0.3 is 0 Å². The van der Waals surface area contributed by atoms with E-state index < -0.39 is 0 Å². The van der Waals surface area contributed by atoms with E-state index in [0.29, 0.717) is 0 Å². The van der Waals surface area contributed by atoms with Crippen molar-refractivity contribution in [2.75, 3.05) is 0 Å². The van der Waals surface area contributed by atoms with Crippen molar-refractivity contribution in [1.82, 2.24) is 19.9 Å². The fourth-order valence-corrected chi connectivity index (χ4v) is 6.99. The second-order valence-electron chi connectivity index (χ2n) is 9.56. The lowest BCUT2D eigenvalue weighted by atomic mass is 10.0. The monoisotopic (exact) mass is 548 g/mol. The van der Waals surface area contributed by atoms with Crippen molar-refractivity contribution in [2.45, 2.75) is 0 Å². The van der Waals surface area contributed by atoms with Crippen LogP contribution < -0.4 is 0 Å². The molecule has 0 aliphatic carbocycles. The van der Waals surface area contributed by atoms with Gasteiger partial charge in [-0.05, 0) is 54.1 Å². The first-order valence-electron chi connectivity index (χ1n) is 13.0. The molecule has 0 aliphatic heterocycles. The number of thiazole rings is 1.